The lowest BCUT2D eigenvalue weighted by molar-refractivity contribution is 0.584. The molecular weight excluding hydrogens is 276 g/mol. The number of sulfonamides is 1. The summed E-state index contributed by atoms with van der Waals surface area (Å²) in [7, 11) is -1.59. The van der Waals surface area contributed by atoms with E-state index < -0.39 is 10.0 Å². The SMILES string of the molecule is CCNS(=O)(=O)c1ccccc1NCc1nccn1C. The van der Waals surface area contributed by atoms with Gasteiger partial charge in [0.15, 0.2) is 0 Å². The van der Waals surface area contributed by atoms with Crippen LogP contribution in [0.3, 0.4) is 0 Å². The number of benzene rings is 1. The number of aryl methyl sites for hydroxylation is 1. The highest BCUT2D eigenvalue weighted by Gasteiger charge is 2.16. The van der Waals surface area contributed by atoms with E-state index in [4.69, 9.17) is 0 Å². The van der Waals surface area contributed by atoms with Gasteiger partial charge in [-0.15, -0.1) is 0 Å². The maximum absolute atomic E-state index is 12.1. The summed E-state index contributed by atoms with van der Waals surface area (Å²) in [5, 5.41) is 3.12. The Bertz CT molecular complexity index is 679. The molecule has 1 aromatic heterocycles. The number of para-hydroxylation sites is 1. The van der Waals surface area contributed by atoms with Crippen molar-refractivity contribution in [3.63, 3.8) is 0 Å². The lowest BCUT2D eigenvalue weighted by atomic mass is 10.3. The highest BCUT2D eigenvalue weighted by molar-refractivity contribution is 7.89. The Morgan fingerprint density at radius 2 is 2.05 bits per heavy atom. The van der Waals surface area contributed by atoms with E-state index in [1.807, 2.05) is 17.8 Å². The van der Waals surface area contributed by atoms with E-state index in [9.17, 15) is 8.42 Å². The average Bonchev–Trinajstić information content (AvgIpc) is 2.82. The Morgan fingerprint density at radius 3 is 2.70 bits per heavy atom. The first-order valence-electron chi connectivity index (χ1n) is 6.33. The molecule has 1 heterocycles. The molecule has 0 radical (unpaired) electrons. The fourth-order valence-corrected chi connectivity index (χ4v) is 3.08. The van der Waals surface area contributed by atoms with Crippen molar-refractivity contribution in [3.8, 4) is 0 Å². The zero-order valence-electron chi connectivity index (χ0n) is 11.5. The van der Waals surface area contributed by atoms with Crippen LogP contribution in [0.25, 0.3) is 0 Å². The van der Waals surface area contributed by atoms with Crippen molar-refractivity contribution in [2.45, 2.75) is 18.4 Å². The van der Waals surface area contributed by atoms with E-state index in [2.05, 4.69) is 15.0 Å². The van der Waals surface area contributed by atoms with Crippen molar-refractivity contribution in [1.29, 1.82) is 0 Å². The first-order chi connectivity index (χ1) is 9.54. The van der Waals surface area contributed by atoms with Crippen LogP contribution in [-0.4, -0.2) is 24.5 Å². The van der Waals surface area contributed by atoms with Crippen LogP contribution in [0, 0.1) is 0 Å². The summed E-state index contributed by atoms with van der Waals surface area (Å²) < 4.78 is 28.6. The van der Waals surface area contributed by atoms with E-state index >= 15 is 0 Å². The molecule has 0 spiro atoms. The minimum atomic E-state index is -3.48. The average molecular weight is 294 g/mol. The number of aromatic nitrogens is 2. The Labute approximate surface area is 118 Å². The maximum atomic E-state index is 12.1. The molecule has 0 aliphatic carbocycles. The third-order valence-electron chi connectivity index (χ3n) is 2.87. The van der Waals surface area contributed by atoms with Crippen molar-refractivity contribution in [3.05, 3.63) is 42.5 Å². The molecule has 108 valence electrons. The topological polar surface area (TPSA) is 76.0 Å². The fraction of sp³-hybridized carbons (Fsp3) is 0.308. The molecule has 20 heavy (non-hydrogen) atoms. The molecule has 2 rings (SSSR count). The third-order valence-corrected chi connectivity index (χ3v) is 4.47. The zero-order valence-corrected chi connectivity index (χ0v) is 12.3. The lowest BCUT2D eigenvalue weighted by Crippen LogP contribution is -2.24. The van der Waals surface area contributed by atoms with Gasteiger partial charge in [0.25, 0.3) is 0 Å². The van der Waals surface area contributed by atoms with Gasteiger partial charge < -0.3 is 9.88 Å². The summed E-state index contributed by atoms with van der Waals surface area (Å²) in [4.78, 5) is 4.44. The molecule has 6 nitrogen and oxygen atoms in total. The van der Waals surface area contributed by atoms with Gasteiger partial charge in [0.2, 0.25) is 10.0 Å². The molecule has 0 saturated carbocycles. The van der Waals surface area contributed by atoms with Crippen LogP contribution >= 0.6 is 0 Å². The molecule has 7 heteroatoms. The number of nitrogens with zero attached hydrogens (tertiary/aromatic N) is 2. The summed E-state index contributed by atoms with van der Waals surface area (Å²) in [5.41, 5.74) is 0.566. The number of anilines is 1. The molecule has 0 atom stereocenters. The molecule has 0 fully saturated rings. The first kappa shape index (κ1) is 14.5. The Kier molecular flexibility index (Phi) is 4.41. The first-order valence-corrected chi connectivity index (χ1v) is 7.81. The van der Waals surface area contributed by atoms with Gasteiger partial charge in [-0.05, 0) is 12.1 Å². The third kappa shape index (κ3) is 3.17. The van der Waals surface area contributed by atoms with Gasteiger partial charge in [0.05, 0.1) is 12.2 Å². The zero-order chi connectivity index (χ0) is 14.6. The number of hydrogen-bond acceptors (Lipinski definition) is 4. The van der Waals surface area contributed by atoms with Gasteiger partial charge in [0, 0.05) is 26.0 Å². The van der Waals surface area contributed by atoms with Gasteiger partial charge in [0.1, 0.15) is 10.7 Å². The molecular formula is C13H18N4O2S. The Balaban J connectivity index is 2.23. The van der Waals surface area contributed by atoms with E-state index in [1.165, 1.54) is 0 Å². The summed E-state index contributed by atoms with van der Waals surface area (Å²) >= 11 is 0. The Hall–Kier alpha value is -1.86. The van der Waals surface area contributed by atoms with Gasteiger partial charge in [-0.3, -0.25) is 0 Å². The predicted octanol–water partition coefficient (Wildman–Crippen LogP) is 1.33. The van der Waals surface area contributed by atoms with E-state index in [1.54, 1.807) is 37.4 Å². The predicted molar refractivity (Wildman–Crippen MR) is 77.8 cm³/mol. The number of imidazole rings is 1. The summed E-state index contributed by atoms with van der Waals surface area (Å²) in [5.74, 6) is 0.834. The normalized spacial score (nSPS) is 11.5. The fourth-order valence-electron chi connectivity index (χ4n) is 1.86. The number of hydrogen-bond donors (Lipinski definition) is 2. The summed E-state index contributed by atoms with van der Waals surface area (Å²) in [6.45, 7) is 2.57. The quantitative estimate of drug-likeness (QED) is 0.843. The van der Waals surface area contributed by atoms with Crippen LogP contribution in [0.2, 0.25) is 0 Å². The van der Waals surface area contributed by atoms with Crippen LogP contribution in [0.4, 0.5) is 5.69 Å². The van der Waals surface area contributed by atoms with Crippen LogP contribution in [0.5, 0.6) is 0 Å². The molecule has 0 aliphatic heterocycles. The molecule has 0 unspecified atom stereocenters. The van der Waals surface area contributed by atoms with Gasteiger partial charge in [-0.2, -0.15) is 0 Å². The Morgan fingerprint density at radius 1 is 1.30 bits per heavy atom. The summed E-state index contributed by atoms with van der Waals surface area (Å²) in [6, 6.07) is 6.83. The molecule has 0 saturated heterocycles. The number of rotatable bonds is 6. The summed E-state index contributed by atoms with van der Waals surface area (Å²) in [6.07, 6.45) is 3.55. The highest BCUT2D eigenvalue weighted by Crippen LogP contribution is 2.21. The second-order valence-corrected chi connectivity index (χ2v) is 6.04. The number of nitrogens with one attached hydrogen (secondary N) is 2. The molecule has 0 amide bonds. The van der Waals surface area contributed by atoms with Crippen molar-refractivity contribution >= 4 is 15.7 Å². The minimum absolute atomic E-state index is 0.246. The second kappa shape index (κ2) is 6.06. The van der Waals surface area contributed by atoms with Crippen LogP contribution in [0.1, 0.15) is 12.7 Å². The van der Waals surface area contributed by atoms with E-state index in [0.29, 0.717) is 18.8 Å². The molecule has 0 aliphatic rings. The van der Waals surface area contributed by atoms with Gasteiger partial charge in [-0.25, -0.2) is 18.1 Å². The maximum Gasteiger partial charge on any atom is 0.242 e. The van der Waals surface area contributed by atoms with Crippen molar-refractivity contribution in [2.75, 3.05) is 11.9 Å². The molecule has 2 N–H and O–H groups in total. The van der Waals surface area contributed by atoms with Crippen molar-refractivity contribution in [1.82, 2.24) is 14.3 Å². The monoisotopic (exact) mass is 294 g/mol. The van der Waals surface area contributed by atoms with Gasteiger partial charge in [-0.1, -0.05) is 19.1 Å². The van der Waals surface area contributed by atoms with E-state index in [0.717, 1.165) is 5.82 Å². The molecule has 2 aromatic rings. The van der Waals surface area contributed by atoms with Crippen molar-refractivity contribution in [2.24, 2.45) is 7.05 Å². The molecule has 0 bridgehead atoms. The van der Waals surface area contributed by atoms with Crippen LogP contribution in [0.15, 0.2) is 41.6 Å². The lowest BCUT2D eigenvalue weighted by Gasteiger charge is -2.12. The van der Waals surface area contributed by atoms with Gasteiger partial charge >= 0.3 is 0 Å². The minimum Gasteiger partial charge on any atom is -0.377 e. The van der Waals surface area contributed by atoms with Crippen LogP contribution in [-0.2, 0) is 23.6 Å². The highest BCUT2D eigenvalue weighted by atomic mass is 32.2. The second-order valence-electron chi connectivity index (χ2n) is 4.31. The van der Waals surface area contributed by atoms with Crippen LogP contribution < -0.4 is 10.0 Å². The van der Waals surface area contributed by atoms with Crippen molar-refractivity contribution < 1.29 is 8.42 Å². The standard InChI is InChI=1S/C13H18N4O2S/c1-3-16-20(18,19)12-7-5-4-6-11(12)15-10-13-14-8-9-17(13)2/h4-9,15-16H,3,10H2,1-2H3. The molecule has 1 aromatic carbocycles. The van der Waals surface area contributed by atoms with E-state index in [-0.39, 0.29) is 4.90 Å². The largest absolute Gasteiger partial charge is 0.377 e. The smallest absolute Gasteiger partial charge is 0.242 e.